The van der Waals surface area contributed by atoms with Gasteiger partial charge in [0.2, 0.25) is 5.91 Å². The predicted molar refractivity (Wildman–Crippen MR) is 100 cm³/mol. The number of hydrogen-bond donors (Lipinski definition) is 1. The van der Waals surface area contributed by atoms with Crippen LogP contribution in [0.2, 0.25) is 10.0 Å². The maximum absolute atomic E-state index is 13.2. The SMILES string of the molecule is O=C(Nc1ccc(F)c(Cl)c1)C1CCN(C(=O)c2ccc(Cl)cc2)CC1. The third-order valence-corrected chi connectivity index (χ3v) is 4.97. The highest BCUT2D eigenvalue weighted by molar-refractivity contribution is 6.31. The molecule has 0 aliphatic carbocycles. The number of nitrogens with one attached hydrogen (secondary N) is 1. The summed E-state index contributed by atoms with van der Waals surface area (Å²) >= 11 is 11.6. The minimum Gasteiger partial charge on any atom is -0.339 e. The van der Waals surface area contributed by atoms with Crippen molar-refractivity contribution in [1.82, 2.24) is 4.90 Å². The average Bonchev–Trinajstić information content (AvgIpc) is 2.65. The zero-order valence-corrected chi connectivity index (χ0v) is 15.4. The molecule has 0 unspecified atom stereocenters. The Morgan fingerprint density at radius 1 is 1.04 bits per heavy atom. The molecule has 2 aromatic rings. The van der Waals surface area contributed by atoms with Gasteiger partial charge in [-0.05, 0) is 55.3 Å². The number of likely N-dealkylation sites (tertiary alicyclic amines) is 1. The Bertz CT molecular complexity index is 819. The van der Waals surface area contributed by atoms with E-state index in [1.807, 2.05) is 0 Å². The summed E-state index contributed by atoms with van der Waals surface area (Å²) in [5, 5.41) is 3.30. The molecule has 1 N–H and O–H groups in total. The van der Waals surface area contributed by atoms with Gasteiger partial charge in [0.25, 0.3) is 5.91 Å². The lowest BCUT2D eigenvalue weighted by molar-refractivity contribution is -0.121. The second-order valence-corrected chi connectivity index (χ2v) is 7.04. The molecule has 4 nitrogen and oxygen atoms in total. The molecule has 0 saturated carbocycles. The summed E-state index contributed by atoms with van der Waals surface area (Å²) < 4.78 is 13.2. The summed E-state index contributed by atoms with van der Waals surface area (Å²) in [6, 6.07) is 10.8. The van der Waals surface area contributed by atoms with Crippen LogP contribution in [0.3, 0.4) is 0 Å². The molecule has 0 spiro atoms. The van der Waals surface area contributed by atoms with E-state index < -0.39 is 5.82 Å². The number of anilines is 1. The molecule has 136 valence electrons. The highest BCUT2D eigenvalue weighted by atomic mass is 35.5. The number of carbonyl (C=O) groups excluding carboxylic acids is 2. The van der Waals surface area contributed by atoms with Crippen molar-refractivity contribution in [3.63, 3.8) is 0 Å². The lowest BCUT2D eigenvalue weighted by Gasteiger charge is -2.31. The van der Waals surface area contributed by atoms with Gasteiger partial charge >= 0.3 is 0 Å². The predicted octanol–water partition coefficient (Wildman–Crippen LogP) is 4.62. The molecule has 1 heterocycles. The summed E-state index contributed by atoms with van der Waals surface area (Å²) in [6.45, 7) is 1.01. The minimum absolute atomic E-state index is 0.0359. The third kappa shape index (κ3) is 4.34. The topological polar surface area (TPSA) is 49.4 Å². The van der Waals surface area contributed by atoms with Gasteiger partial charge in [-0.2, -0.15) is 0 Å². The van der Waals surface area contributed by atoms with Gasteiger partial charge in [0.05, 0.1) is 5.02 Å². The normalized spacial score (nSPS) is 15.0. The number of benzene rings is 2. The smallest absolute Gasteiger partial charge is 0.253 e. The highest BCUT2D eigenvalue weighted by Gasteiger charge is 2.28. The summed E-state index contributed by atoms with van der Waals surface area (Å²) in [6.07, 6.45) is 1.14. The molecule has 1 saturated heterocycles. The summed E-state index contributed by atoms with van der Waals surface area (Å²) in [5.74, 6) is -0.941. The van der Waals surface area contributed by atoms with Gasteiger partial charge in [-0.25, -0.2) is 4.39 Å². The average molecular weight is 395 g/mol. The fraction of sp³-hybridized carbons (Fsp3) is 0.263. The van der Waals surface area contributed by atoms with Crippen LogP contribution in [0.1, 0.15) is 23.2 Å². The molecule has 1 fully saturated rings. The lowest BCUT2D eigenvalue weighted by Crippen LogP contribution is -2.41. The van der Waals surface area contributed by atoms with Crippen molar-refractivity contribution >= 4 is 40.7 Å². The Labute approximate surface area is 160 Å². The first-order valence-corrected chi connectivity index (χ1v) is 9.00. The zero-order chi connectivity index (χ0) is 18.7. The Kier molecular flexibility index (Phi) is 5.79. The first-order chi connectivity index (χ1) is 12.4. The van der Waals surface area contributed by atoms with Crippen LogP contribution in [0.5, 0.6) is 0 Å². The number of piperidine rings is 1. The van der Waals surface area contributed by atoms with Crippen LogP contribution >= 0.6 is 23.2 Å². The maximum atomic E-state index is 13.2. The van der Waals surface area contributed by atoms with Crippen LogP contribution in [-0.4, -0.2) is 29.8 Å². The van der Waals surface area contributed by atoms with Gasteiger partial charge in [-0.3, -0.25) is 9.59 Å². The summed E-state index contributed by atoms with van der Waals surface area (Å²) in [7, 11) is 0. The van der Waals surface area contributed by atoms with Gasteiger partial charge < -0.3 is 10.2 Å². The molecule has 1 aliphatic heterocycles. The fourth-order valence-corrected chi connectivity index (χ4v) is 3.24. The van der Waals surface area contributed by atoms with E-state index in [0.29, 0.717) is 42.2 Å². The number of carbonyl (C=O) groups is 2. The fourth-order valence-electron chi connectivity index (χ4n) is 2.94. The van der Waals surface area contributed by atoms with Gasteiger partial charge in [-0.15, -0.1) is 0 Å². The van der Waals surface area contributed by atoms with E-state index in [0.717, 1.165) is 0 Å². The Morgan fingerprint density at radius 3 is 2.31 bits per heavy atom. The summed E-state index contributed by atoms with van der Waals surface area (Å²) in [5.41, 5.74) is 1.04. The van der Waals surface area contributed by atoms with Gasteiger partial charge in [0.1, 0.15) is 5.82 Å². The lowest BCUT2D eigenvalue weighted by atomic mass is 9.95. The van der Waals surface area contributed by atoms with Crippen molar-refractivity contribution in [2.45, 2.75) is 12.8 Å². The number of halogens is 3. The summed E-state index contributed by atoms with van der Waals surface area (Å²) in [4.78, 5) is 26.6. The molecule has 26 heavy (non-hydrogen) atoms. The van der Waals surface area contributed by atoms with Crippen molar-refractivity contribution in [2.75, 3.05) is 18.4 Å². The van der Waals surface area contributed by atoms with Crippen LogP contribution in [0.4, 0.5) is 10.1 Å². The second-order valence-electron chi connectivity index (χ2n) is 6.19. The molecule has 0 atom stereocenters. The quantitative estimate of drug-likeness (QED) is 0.825. The Balaban J connectivity index is 1.55. The van der Waals surface area contributed by atoms with Crippen LogP contribution in [0.15, 0.2) is 42.5 Å². The van der Waals surface area contributed by atoms with Gasteiger partial charge in [-0.1, -0.05) is 23.2 Å². The maximum Gasteiger partial charge on any atom is 0.253 e. The largest absolute Gasteiger partial charge is 0.339 e. The first-order valence-electron chi connectivity index (χ1n) is 8.25. The molecule has 1 aliphatic rings. The first kappa shape index (κ1) is 18.7. The monoisotopic (exact) mass is 394 g/mol. The van der Waals surface area contributed by atoms with E-state index in [9.17, 15) is 14.0 Å². The molecule has 0 radical (unpaired) electrons. The number of nitrogens with zero attached hydrogens (tertiary/aromatic N) is 1. The zero-order valence-electron chi connectivity index (χ0n) is 13.8. The van der Waals surface area contributed by atoms with E-state index in [-0.39, 0.29) is 22.8 Å². The molecule has 2 amide bonds. The van der Waals surface area contributed by atoms with E-state index >= 15 is 0 Å². The van der Waals surface area contributed by atoms with E-state index in [4.69, 9.17) is 23.2 Å². The van der Waals surface area contributed by atoms with Crippen molar-refractivity contribution in [3.8, 4) is 0 Å². The Morgan fingerprint density at radius 2 is 1.69 bits per heavy atom. The van der Waals surface area contributed by atoms with Crippen molar-refractivity contribution in [3.05, 3.63) is 63.9 Å². The highest BCUT2D eigenvalue weighted by Crippen LogP contribution is 2.23. The van der Waals surface area contributed by atoms with Crippen LogP contribution in [0, 0.1) is 11.7 Å². The second kappa shape index (κ2) is 8.06. The molecular formula is C19H17Cl2FN2O2. The molecule has 2 aromatic carbocycles. The van der Waals surface area contributed by atoms with Crippen molar-refractivity contribution in [1.29, 1.82) is 0 Å². The standard InChI is InChI=1S/C19H17Cl2FN2O2/c20-14-3-1-13(2-4-14)19(26)24-9-7-12(8-10-24)18(25)23-15-5-6-17(22)16(21)11-15/h1-6,11-12H,7-10H2,(H,23,25). The van der Waals surface area contributed by atoms with Gasteiger partial charge in [0.15, 0.2) is 0 Å². The van der Waals surface area contributed by atoms with Gasteiger partial charge in [0, 0.05) is 35.3 Å². The number of hydrogen-bond acceptors (Lipinski definition) is 2. The molecule has 0 bridgehead atoms. The van der Waals surface area contributed by atoms with Crippen LogP contribution < -0.4 is 5.32 Å². The van der Waals surface area contributed by atoms with E-state index in [1.54, 1.807) is 29.2 Å². The van der Waals surface area contributed by atoms with Crippen molar-refractivity contribution < 1.29 is 14.0 Å². The molecule has 3 rings (SSSR count). The molecule has 0 aromatic heterocycles. The van der Waals surface area contributed by atoms with E-state index in [1.165, 1.54) is 18.2 Å². The molecule has 7 heteroatoms. The number of rotatable bonds is 3. The van der Waals surface area contributed by atoms with Crippen molar-refractivity contribution in [2.24, 2.45) is 5.92 Å². The van der Waals surface area contributed by atoms with Crippen LogP contribution in [0.25, 0.3) is 0 Å². The van der Waals surface area contributed by atoms with Crippen LogP contribution in [-0.2, 0) is 4.79 Å². The number of amides is 2. The Hall–Kier alpha value is -2.11. The minimum atomic E-state index is -0.529. The third-order valence-electron chi connectivity index (χ3n) is 4.43. The molecular weight excluding hydrogens is 378 g/mol. The van der Waals surface area contributed by atoms with E-state index in [2.05, 4.69) is 5.32 Å².